The Labute approximate surface area is 233 Å². The molecule has 8 heteroatoms. The number of amides is 2. The number of rotatable bonds is 7. The predicted molar refractivity (Wildman–Crippen MR) is 154 cm³/mol. The highest BCUT2D eigenvalue weighted by Crippen LogP contribution is 2.26. The van der Waals surface area contributed by atoms with Crippen molar-refractivity contribution in [2.45, 2.75) is 13.5 Å². The first-order valence-electron chi connectivity index (χ1n) is 13.0. The molecule has 1 aromatic heterocycles. The van der Waals surface area contributed by atoms with Gasteiger partial charge in [0.25, 0.3) is 5.91 Å². The van der Waals surface area contributed by atoms with Crippen molar-refractivity contribution in [1.82, 2.24) is 20.0 Å². The first-order chi connectivity index (χ1) is 19.0. The second kappa shape index (κ2) is 12.1. The van der Waals surface area contributed by atoms with Crippen LogP contribution < -0.4 is 4.90 Å². The Balaban J connectivity index is 1.23. The van der Waals surface area contributed by atoms with Gasteiger partial charge in [-0.15, -0.1) is 10.2 Å². The minimum atomic E-state index is -0.141. The summed E-state index contributed by atoms with van der Waals surface area (Å²) in [5.74, 6) is 0.559. The van der Waals surface area contributed by atoms with Crippen molar-refractivity contribution in [3.05, 3.63) is 113 Å². The Morgan fingerprint density at radius 2 is 1.51 bits per heavy atom. The minimum Gasteiger partial charge on any atom is -0.352 e. The number of aromatic nitrogens is 2. The Kier molecular flexibility index (Phi) is 8.18. The van der Waals surface area contributed by atoms with Crippen molar-refractivity contribution in [2.24, 2.45) is 0 Å². The molecule has 4 aromatic rings. The summed E-state index contributed by atoms with van der Waals surface area (Å²) < 4.78 is 0. The van der Waals surface area contributed by atoms with E-state index < -0.39 is 0 Å². The fourth-order valence-corrected chi connectivity index (χ4v) is 4.97. The average Bonchev–Trinajstić information content (AvgIpc) is 2.98. The van der Waals surface area contributed by atoms with E-state index in [0.717, 1.165) is 28.2 Å². The molecule has 1 saturated heterocycles. The van der Waals surface area contributed by atoms with Gasteiger partial charge in [-0.25, -0.2) is 0 Å². The molecule has 0 aliphatic carbocycles. The summed E-state index contributed by atoms with van der Waals surface area (Å²) in [6, 6.07) is 28.7. The van der Waals surface area contributed by atoms with E-state index in [1.165, 1.54) is 0 Å². The number of halogens is 1. The largest absolute Gasteiger partial charge is 0.352 e. The average molecular weight is 540 g/mol. The Hall–Kier alpha value is -4.23. The van der Waals surface area contributed by atoms with Gasteiger partial charge in [-0.05, 0) is 42.3 Å². The molecule has 0 unspecified atom stereocenters. The number of benzene rings is 3. The van der Waals surface area contributed by atoms with E-state index in [-0.39, 0.29) is 18.4 Å². The zero-order valence-electron chi connectivity index (χ0n) is 21.8. The summed E-state index contributed by atoms with van der Waals surface area (Å²) in [7, 11) is 0. The van der Waals surface area contributed by atoms with Crippen LogP contribution in [-0.4, -0.2) is 64.5 Å². The molecule has 7 nitrogen and oxygen atoms in total. The number of aryl methyl sites for hydroxylation is 1. The minimum absolute atomic E-state index is 0.0222. The van der Waals surface area contributed by atoms with Crippen molar-refractivity contribution < 1.29 is 9.59 Å². The summed E-state index contributed by atoms with van der Waals surface area (Å²) in [6.07, 6.45) is 0. The maximum absolute atomic E-state index is 13.5. The number of carbonyl (C=O) groups is 2. The Morgan fingerprint density at radius 1 is 0.821 bits per heavy atom. The van der Waals surface area contributed by atoms with Crippen LogP contribution >= 0.6 is 11.6 Å². The van der Waals surface area contributed by atoms with Crippen molar-refractivity contribution >= 4 is 29.2 Å². The highest BCUT2D eigenvalue weighted by atomic mass is 35.5. The lowest BCUT2D eigenvalue weighted by Crippen LogP contribution is -2.52. The molecule has 0 saturated carbocycles. The van der Waals surface area contributed by atoms with Crippen LogP contribution in [0.25, 0.3) is 11.3 Å². The smallest absolute Gasteiger partial charge is 0.254 e. The van der Waals surface area contributed by atoms with Gasteiger partial charge in [0.2, 0.25) is 5.91 Å². The first kappa shape index (κ1) is 26.4. The fraction of sp³-hybridized carbons (Fsp3) is 0.226. The van der Waals surface area contributed by atoms with Crippen molar-refractivity contribution in [2.75, 3.05) is 37.6 Å². The van der Waals surface area contributed by atoms with Gasteiger partial charge in [0.15, 0.2) is 5.82 Å². The van der Waals surface area contributed by atoms with Gasteiger partial charge in [-0.1, -0.05) is 78.3 Å². The third-order valence-corrected chi connectivity index (χ3v) is 7.29. The van der Waals surface area contributed by atoms with Crippen LogP contribution in [0.3, 0.4) is 0 Å². The van der Waals surface area contributed by atoms with Gasteiger partial charge in [-0.2, -0.15) is 0 Å². The van der Waals surface area contributed by atoms with E-state index >= 15 is 0 Å². The number of hydrogen-bond donors (Lipinski definition) is 0. The summed E-state index contributed by atoms with van der Waals surface area (Å²) >= 11 is 6.30. The van der Waals surface area contributed by atoms with Crippen molar-refractivity contribution in [3.8, 4) is 11.3 Å². The second-order valence-electron chi connectivity index (χ2n) is 9.59. The van der Waals surface area contributed by atoms with E-state index in [4.69, 9.17) is 11.6 Å². The maximum atomic E-state index is 13.5. The van der Waals surface area contributed by atoms with Gasteiger partial charge in [0.05, 0.1) is 10.7 Å². The molecule has 2 amide bonds. The van der Waals surface area contributed by atoms with E-state index in [1.54, 1.807) is 4.90 Å². The molecule has 1 fully saturated rings. The van der Waals surface area contributed by atoms with Crippen LogP contribution in [-0.2, 0) is 11.3 Å². The number of nitrogens with zero attached hydrogens (tertiary/aromatic N) is 5. The summed E-state index contributed by atoms with van der Waals surface area (Å²) in [6.45, 7) is 4.67. The van der Waals surface area contributed by atoms with Crippen LogP contribution in [0.15, 0.2) is 91.0 Å². The predicted octanol–water partition coefficient (Wildman–Crippen LogP) is 5.10. The van der Waals surface area contributed by atoms with Crippen molar-refractivity contribution in [3.63, 3.8) is 0 Å². The zero-order valence-corrected chi connectivity index (χ0v) is 22.6. The molecule has 0 bridgehead atoms. The number of piperazine rings is 1. The van der Waals surface area contributed by atoms with Crippen LogP contribution in [0, 0.1) is 6.92 Å². The van der Waals surface area contributed by atoms with E-state index in [9.17, 15) is 9.59 Å². The lowest BCUT2D eigenvalue weighted by Gasteiger charge is -2.36. The first-order valence-corrected chi connectivity index (χ1v) is 13.4. The third-order valence-electron chi connectivity index (χ3n) is 6.96. The fourth-order valence-electron chi connectivity index (χ4n) is 4.74. The molecule has 0 radical (unpaired) electrons. The molecule has 1 aliphatic rings. The topological polar surface area (TPSA) is 69.6 Å². The summed E-state index contributed by atoms with van der Waals surface area (Å²) in [4.78, 5) is 32.5. The summed E-state index contributed by atoms with van der Waals surface area (Å²) in [5.41, 5.74) is 4.05. The van der Waals surface area contributed by atoms with E-state index in [0.29, 0.717) is 43.3 Å². The normalized spacial score (nSPS) is 13.3. The van der Waals surface area contributed by atoms with Crippen molar-refractivity contribution in [1.29, 1.82) is 0 Å². The van der Waals surface area contributed by atoms with Crippen LogP contribution in [0.4, 0.5) is 5.82 Å². The molecule has 39 heavy (non-hydrogen) atoms. The molecule has 3 aromatic carbocycles. The second-order valence-corrected chi connectivity index (χ2v) is 9.99. The molecule has 198 valence electrons. The Morgan fingerprint density at radius 3 is 2.21 bits per heavy atom. The van der Waals surface area contributed by atoms with Crippen LogP contribution in [0.5, 0.6) is 0 Å². The van der Waals surface area contributed by atoms with E-state index in [1.807, 2.05) is 103 Å². The quantitative estimate of drug-likeness (QED) is 0.327. The van der Waals surface area contributed by atoms with E-state index in [2.05, 4.69) is 15.1 Å². The third kappa shape index (κ3) is 6.26. The highest BCUT2D eigenvalue weighted by Gasteiger charge is 2.26. The number of hydrogen-bond acceptors (Lipinski definition) is 5. The molecule has 5 rings (SSSR count). The lowest BCUT2D eigenvalue weighted by atomic mass is 10.1. The summed E-state index contributed by atoms with van der Waals surface area (Å²) in [5, 5.41) is 9.42. The highest BCUT2D eigenvalue weighted by molar-refractivity contribution is 6.33. The maximum Gasteiger partial charge on any atom is 0.254 e. The van der Waals surface area contributed by atoms with Gasteiger partial charge in [0.1, 0.15) is 6.54 Å². The van der Waals surface area contributed by atoms with Crippen LogP contribution in [0.2, 0.25) is 5.02 Å². The molecule has 1 aliphatic heterocycles. The van der Waals surface area contributed by atoms with Crippen LogP contribution in [0.1, 0.15) is 21.5 Å². The molecule has 2 heterocycles. The lowest BCUT2D eigenvalue weighted by molar-refractivity contribution is -0.132. The Bertz CT molecular complexity index is 1440. The number of anilines is 1. The van der Waals surface area contributed by atoms with Gasteiger partial charge in [0, 0.05) is 43.9 Å². The molecular weight excluding hydrogens is 510 g/mol. The zero-order chi connectivity index (χ0) is 27.2. The molecular formula is C31H30ClN5O2. The SMILES string of the molecule is Cc1ccccc1C(=O)N(CC(=O)N1CCN(c2ccc(-c3ccccc3Cl)nn2)CC1)Cc1ccccc1. The standard InChI is InChI=1S/C31H30ClN5O2/c1-23-9-5-6-12-25(23)31(39)37(21-24-10-3-2-4-11-24)22-30(38)36-19-17-35(18-20-36)29-16-15-28(33-34-29)26-13-7-8-14-27(26)32/h2-16H,17-22H2,1H3. The van der Waals surface area contributed by atoms with Gasteiger partial charge < -0.3 is 14.7 Å². The molecule has 0 N–H and O–H groups in total. The van der Waals surface area contributed by atoms with Gasteiger partial charge >= 0.3 is 0 Å². The molecule has 0 atom stereocenters. The number of carbonyl (C=O) groups excluding carboxylic acids is 2. The van der Waals surface area contributed by atoms with Gasteiger partial charge in [-0.3, -0.25) is 9.59 Å². The molecule has 0 spiro atoms. The monoisotopic (exact) mass is 539 g/mol.